The molecular formula is C19H18ClN3O3. The summed E-state index contributed by atoms with van der Waals surface area (Å²) in [5, 5.41) is 7.83. The van der Waals surface area contributed by atoms with Crippen molar-refractivity contribution in [2.75, 3.05) is 19.5 Å². The lowest BCUT2D eigenvalue weighted by molar-refractivity contribution is 0.102. The van der Waals surface area contributed by atoms with Crippen LogP contribution in [-0.4, -0.2) is 29.9 Å². The number of benzene rings is 2. The van der Waals surface area contributed by atoms with E-state index in [2.05, 4.69) is 10.4 Å². The highest BCUT2D eigenvalue weighted by atomic mass is 35.5. The highest BCUT2D eigenvalue weighted by molar-refractivity contribution is 6.30. The van der Waals surface area contributed by atoms with Crippen molar-refractivity contribution in [1.29, 1.82) is 0 Å². The molecule has 3 rings (SSSR count). The number of carbonyl (C=O) groups is 1. The van der Waals surface area contributed by atoms with Crippen LogP contribution in [0.5, 0.6) is 11.5 Å². The Kier molecular flexibility index (Phi) is 5.43. The molecule has 1 aromatic heterocycles. The number of amides is 1. The number of halogens is 1. The molecule has 0 saturated carbocycles. The average Bonchev–Trinajstić information content (AvgIpc) is 3.09. The predicted octanol–water partition coefficient (Wildman–Crippen LogP) is 3.85. The van der Waals surface area contributed by atoms with Gasteiger partial charge in [-0.1, -0.05) is 23.7 Å². The summed E-state index contributed by atoms with van der Waals surface area (Å²) in [5.74, 6) is 1.26. The number of ether oxygens (including phenoxy) is 2. The molecule has 0 fully saturated rings. The molecule has 134 valence electrons. The molecule has 0 aliphatic heterocycles. The zero-order valence-corrected chi connectivity index (χ0v) is 15.2. The van der Waals surface area contributed by atoms with Gasteiger partial charge in [-0.2, -0.15) is 5.10 Å². The summed E-state index contributed by atoms with van der Waals surface area (Å²) in [7, 11) is 3.07. The molecular weight excluding hydrogens is 354 g/mol. The third-order valence-corrected chi connectivity index (χ3v) is 4.01. The molecule has 1 amide bonds. The summed E-state index contributed by atoms with van der Waals surface area (Å²) in [5.41, 5.74) is 1.49. The van der Waals surface area contributed by atoms with Gasteiger partial charge in [0.05, 0.1) is 20.8 Å². The van der Waals surface area contributed by atoms with Gasteiger partial charge >= 0.3 is 0 Å². The highest BCUT2D eigenvalue weighted by Crippen LogP contribution is 2.23. The van der Waals surface area contributed by atoms with E-state index in [0.717, 1.165) is 5.56 Å². The van der Waals surface area contributed by atoms with Gasteiger partial charge in [-0.15, -0.1) is 0 Å². The maximum absolute atomic E-state index is 12.5. The van der Waals surface area contributed by atoms with Crippen molar-refractivity contribution in [2.24, 2.45) is 0 Å². The molecule has 6 nitrogen and oxygen atoms in total. The van der Waals surface area contributed by atoms with Crippen molar-refractivity contribution in [2.45, 2.75) is 6.54 Å². The minimum absolute atomic E-state index is 0.293. The molecule has 1 heterocycles. The number of hydrogen-bond acceptors (Lipinski definition) is 4. The SMILES string of the molecule is COc1cc(OC)cc(C(=O)Nc2ccn(Cc3ccc(Cl)cc3)n2)c1. The van der Waals surface area contributed by atoms with Crippen molar-refractivity contribution >= 4 is 23.3 Å². The topological polar surface area (TPSA) is 65.4 Å². The molecule has 0 aliphatic carbocycles. The maximum atomic E-state index is 12.5. The van der Waals surface area contributed by atoms with E-state index in [0.29, 0.717) is 34.4 Å². The van der Waals surface area contributed by atoms with Gasteiger partial charge in [0, 0.05) is 28.9 Å². The molecule has 0 spiro atoms. The van der Waals surface area contributed by atoms with E-state index < -0.39 is 0 Å². The van der Waals surface area contributed by atoms with Gasteiger partial charge in [0.1, 0.15) is 11.5 Å². The van der Waals surface area contributed by atoms with Gasteiger partial charge in [0.25, 0.3) is 5.91 Å². The monoisotopic (exact) mass is 371 g/mol. The number of nitrogens with zero attached hydrogens (tertiary/aromatic N) is 2. The summed E-state index contributed by atoms with van der Waals surface area (Å²) in [6.07, 6.45) is 1.80. The van der Waals surface area contributed by atoms with Crippen LogP contribution < -0.4 is 14.8 Å². The Morgan fingerprint density at radius 3 is 2.35 bits per heavy atom. The van der Waals surface area contributed by atoms with Gasteiger partial charge in [0.15, 0.2) is 5.82 Å². The van der Waals surface area contributed by atoms with Crippen molar-refractivity contribution in [3.8, 4) is 11.5 Å². The van der Waals surface area contributed by atoms with Gasteiger partial charge in [-0.25, -0.2) is 0 Å². The zero-order valence-electron chi connectivity index (χ0n) is 14.4. The van der Waals surface area contributed by atoms with Gasteiger partial charge in [-0.05, 0) is 29.8 Å². The van der Waals surface area contributed by atoms with Crippen molar-refractivity contribution in [1.82, 2.24) is 9.78 Å². The molecule has 0 bridgehead atoms. The fraction of sp³-hybridized carbons (Fsp3) is 0.158. The van der Waals surface area contributed by atoms with Crippen LogP contribution in [0.2, 0.25) is 5.02 Å². The molecule has 2 aromatic carbocycles. The maximum Gasteiger partial charge on any atom is 0.257 e. The van der Waals surface area contributed by atoms with Crippen LogP contribution in [-0.2, 0) is 6.54 Å². The summed E-state index contributed by atoms with van der Waals surface area (Å²) < 4.78 is 12.1. The molecule has 0 saturated heterocycles. The van der Waals surface area contributed by atoms with E-state index in [1.807, 2.05) is 24.3 Å². The number of rotatable bonds is 6. The number of anilines is 1. The molecule has 3 aromatic rings. The van der Waals surface area contributed by atoms with Gasteiger partial charge in [0.2, 0.25) is 0 Å². The lowest BCUT2D eigenvalue weighted by Gasteiger charge is -2.08. The number of nitrogens with one attached hydrogen (secondary N) is 1. The van der Waals surface area contributed by atoms with E-state index in [1.165, 1.54) is 14.2 Å². The van der Waals surface area contributed by atoms with E-state index >= 15 is 0 Å². The lowest BCUT2D eigenvalue weighted by atomic mass is 10.2. The van der Waals surface area contributed by atoms with Crippen LogP contribution in [0, 0.1) is 0 Å². The first-order chi connectivity index (χ1) is 12.6. The second-order valence-electron chi connectivity index (χ2n) is 5.58. The van der Waals surface area contributed by atoms with Crippen LogP contribution >= 0.6 is 11.6 Å². The minimum Gasteiger partial charge on any atom is -0.497 e. The Balaban J connectivity index is 1.70. The number of carbonyl (C=O) groups excluding carboxylic acids is 1. The zero-order chi connectivity index (χ0) is 18.5. The predicted molar refractivity (Wildman–Crippen MR) is 100 cm³/mol. The minimum atomic E-state index is -0.293. The molecule has 1 N–H and O–H groups in total. The molecule has 0 atom stereocenters. The summed E-state index contributed by atoms with van der Waals surface area (Å²) in [6.45, 7) is 0.583. The fourth-order valence-electron chi connectivity index (χ4n) is 2.42. The smallest absolute Gasteiger partial charge is 0.257 e. The normalized spacial score (nSPS) is 10.4. The van der Waals surface area contributed by atoms with Gasteiger partial charge in [-0.3, -0.25) is 9.48 Å². The molecule has 7 heteroatoms. The number of aromatic nitrogens is 2. The van der Waals surface area contributed by atoms with Gasteiger partial charge < -0.3 is 14.8 Å². The molecule has 0 radical (unpaired) electrons. The summed E-state index contributed by atoms with van der Waals surface area (Å²) >= 11 is 5.89. The van der Waals surface area contributed by atoms with Crippen molar-refractivity contribution < 1.29 is 14.3 Å². The molecule has 0 aliphatic rings. The summed E-state index contributed by atoms with van der Waals surface area (Å²) in [6, 6.07) is 14.3. The molecule has 26 heavy (non-hydrogen) atoms. The first-order valence-electron chi connectivity index (χ1n) is 7.89. The highest BCUT2D eigenvalue weighted by Gasteiger charge is 2.11. The van der Waals surface area contributed by atoms with Crippen molar-refractivity contribution in [3.05, 3.63) is 70.9 Å². The molecule has 0 unspecified atom stereocenters. The van der Waals surface area contributed by atoms with E-state index in [4.69, 9.17) is 21.1 Å². The number of methoxy groups -OCH3 is 2. The van der Waals surface area contributed by atoms with E-state index in [-0.39, 0.29) is 5.91 Å². The standard InChI is InChI=1S/C19H18ClN3O3/c1-25-16-9-14(10-17(11-16)26-2)19(24)21-18-7-8-23(22-18)12-13-3-5-15(20)6-4-13/h3-11H,12H2,1-2H3,(H,21,22,24). The van der Waals surface area contributed by atoms with Crippen LogP contribution in [0.1, 0.15) is 15.9 Å². The quantitative estimate of drug-likeness (QED) is 0.714. The van der Waals surface area contributed by atoms with Crippen LogP contribution in [0.3, 0.4) is 0 Å². The first-order valence-corrected chi connectivity index (χ1v) is 8.27. The first kappa shape index (κ1) is 17.8. The Labute approximate surface area is 156 Å². The summed E-state index contributed by atoms with van der Waals surface area (Å²) in [4.78, 5) is 12.5. The second-order valence-corrected chi connectivity index (χ2v) is 6.02. The largest absolute Gasteiger partial charge is 0.497 e. The average molecular weight is 372 g/mol. The van der Waals surface area contributed by atoms with Crippen molar-refractivity contribution in [3.63, 3.8) is 0 Å². The third-order valence-electron chi connectivity index (χ3n) is 3.75. The van der Waals surface area contributed by atoms with Crippen LogP contribution in [0.4, 0.5) is 5.82 Å². The third kappa shape index (κ3) is 4.34. The number of hydrogen-bond donors (Lipinski definition) is 1. The Hall–Kier alpha value is -2.99. The van der Waals surface area contributed by atoms with E-state index in [1.54, 1.807) is 35.1 Å². The Morgan fingerprint density at radius 1 is 1.08 bits per heavy atom. The van der Waals surface area contributed by atoms with Crippen LogP contribution in [0.25, 0.3) is 0 Å². The Morgan fingerprint density at radius 2 is 1.73 bits per heavy atom. The fourth-order valence-corrected chi connectivity index (χ4v) is 2.55. The van der Waals surface area contributed by atoms with E-state index in [9.17, 15) is 4.79 Å². The Bertz CT molecular complexity index is 884. The second kappa shape index (κ2) is 7.93. The lowest BCUT2D eigenvalue weighted by Crippen LogP contribution is -2.13. The van der Waals surface area contributed by atoms with Crippen LogP contribution in [0.15, 0.2) is 54.7 Å².